The van der Waals surface area contributed by atoms with Gasteiger partial charge in [-0.05, 0) is 44.4 Å². The molecule has 0 saturated heterocycles. The molecule has 1 atom stereocenters. The van der Waals surface area contributed by atoms with Gasteiger partial charge < -0.3 is 16.0 Å². The Morgan fingerprint density at radius 2 is 1.95 bits per heavy atom. The summed E-state index contributed by atoms with van der Waals surface area (Å²) in [5, 5.41) is 3.42. The van der Waals surface area contributed by atoms with Crippen molar-refractivity contribution in [3.8, 4) is 0 Å². The zero-order chi connectivity index (χ0) is 14.3. The second-order valence-electron chi connectivity index (χ2n) is 5.20. The van der Waals surface area contributed by atoms with Crippen molar-refractivity contribution in [1.29, 1.82) is 0 Å². The second-order valence-corrected chi connectivity index (χ2v) is 5.20. The van der Waals surface area contributed by atoms with Crippen LogP contribution in [0, 0.1) is 11.8 Å². The van der Waals surface area contributed by atoms with Crippen molar-refractivity contribution in [1.82, 2.24) is 4.98 Å². The van der Waals surface area contributed by atoms with Gasteiger partial charge in [-0.2, -0.15) is 0 Å². The number of nitrogens with two attached hydrogens (primary N) is 1. The lowest BCUT2D eigenvalue weighted by Gasteiger charge is -2.21. The van der Waals surface area contributed by atoms with Gasteiger partial charge >= 0.3 is 0 Å². The SMILES string of the molecule is CCN(CC)c1ccc(NCC(CN)C(C)C)cn1. The fourth-order valence-electron chi connectivity index (χ4n) is 2.07. The van der Waals surface area contributed by atoms with E-state index in [2.05, 4.69) is 55.0 Å². The first-order valence-electron chi connectivity index (χ1n) is 7.27. The van der Waals surface area contributed by atoms with E-state index in [1.807, 2.05) is 6.20 Å². The minimum atomic E-state index is 0.502. The van der Waals surface area contributed by atoms with E-state index in [1.165, 1.54) is 0 Å². The van der Waals surface area contributed by atoms with Gasteiger partial charge in [-0.15, -0.1) is 0 Å². The number of rotatable bonds is 8. The van der Waals surface area contributed by atoms with Crippen LogP contribution in [-0.2, 0) is 0 Å². The van der Waals surface area contributed by atoms with Crippen LogP contribution in [0.1, 0.15) is 27.7 Å². The van der Waals surface area contributed by atoms with Crippen LogP contribution >= 0.6 is 0 Å². The maximum atomic E-state index is 5.78. The topological polar surface area (TPSA) is 54.2 Å². The zero-order valence-corrected chi connectivity index (χ0v) is 12.7. The molecular formula is C15H28N4. The van der Waals surface area contributed by atoms with E-state index in [-0.39, 0.29) is 0 Å². The summed E-state index contributed by atoms with van der Waals surface area (Å²) in [6, 6.07) is 4.16. The smallest absolute Gasteiger partial charge is 0.128 e. The highest BCUT2D eigenvalue weighted by Gasteiger charge is 2.11. The largest absolute Gasteiger partial charge is 0.383 e. The fraction of sp³-hybridized carbons (Fsp3) is 0.667. The average molecular weight is 264 g/mol. The predicted octanol–water partition coefficient (Wildman–Crippen LogP) is 2.57. The monoisotopic (exact) mass is 264 g/mol. The number of pyridine rings is 1. The lowest BCUT2D eigenvalue weighted by Crippen LogP contribution is -2.27. The number of hydrogen-bond donors (Lipinski definition) is 2. The Balaban J connectivity index is 2.57. The van der Waals surface area contributed by atoms with Crippen molar-refractivity contribution in [2.24, 2.45) is 17.6 Å². The summed E-state index contributed by atoms with van der Waals surface area (Å²) in [6.45, 7) is 12.3. The van der Waals surface area contributed by atoms with Gasteiger partial charge in [0.2, 0.25) is 0 Å². The Morgan fingerprint density at radius 3 is 2.37 bits per heavy atom. The molecule has 108 valence electrons. The molecule has 1 aromatic heterocycles. The predicted molar refractivity (Wildman–Crippen MR) is 83.7 cm³/mol. The molecule has 0 spiro atoms. The summed E-state index contributed by atoms with van der Waals surface area (Å²) < 4.78 is 0. The molecule has 0 aliphatic heterocycles. The Hall–Kier alpha value is -1.29. The summed E-state index contributed by atoms with van der Waals surface area (Å²) in [4.78, 5) is 6.74. The molecule has 0 fully saturated rings. The van der Waals surface area contributed by atoms with Crippen molar-refractivity contribution in [2.45, 2.75) is 27.7 Å². The summed E-state index contributed by atoms with van der Waals surface area (Å²) in [5.41, 5.74) is 6.84. The molecule has 4 nitrogen and oxygen atoms in total. The lowest BCUT2D eigenvalue weighted by molar-refractivity contribution is 0.413. The molecular weight excluding hydrogens is 236 g/mol. The molecule has 0 aliphatic carbocycles. The van der Waals surface area contributed by atoms with Crippen molar-refractivity contribution in [3.05, 3.63) is 18.3 Å². The van der Waals surface area contributed by atoms with Crippen molar-refractivity contribution < 1.29 is 0 Å². The van der Waals surface area contributed by atoms with Gasteiger partial charge in [0.15, 0.2) is 0 Å². The van der Waals surface area contributed by atoms with Crippen LogP contribution in [0.5, 0.6) is 0 Å². The molecule has 0 amide bonds. The minimum Gasteiger partial charge on any atom is -0.383 e. The number of nitrogens with one attached hydrogen (secondary N) is 1. The molecule has 0 saturated carbocycles. The molecule has 19 heavy (non-hydrogen) atoms. The van der Waals surface area contributed by atoms with E-state index < -0.39 is 0 Å². The average Bonchev–Trinajstić information content (AvgIpc) is 2.42. The van der Waals surface area contributed by atoms with Gasteiger partial charge in [-0.3, -0.25) is 0 Å². The molecule has 3 N–H and O–H groups in total. The normalized spacial score (nSPS) is 12.5. The fourth-order valence-corrected chi connectivity index (χ4v) is 2.07. The van der Waals surface area contributed by atoms with Crippen LogP contribution in [0.3, 0.4) is 0 Å². The summed E-state index contributed by atoms with van der Waals surface area (Å²) in [5.74, 6) is 2.14. The highest BCUT2D eigenvalue weighted by atomic mass is 15.2. The molecule has 1 heterocycles. The number of anilines is 2. The maximum Gasteiger partial charge on any atom is 0.128 e. The van der Waals surface area contributed by atoms with Crippen LogP contribution in [-0.4, -0.2) is 31.2 Å². The molecule has 1 aromatic rings. The first-order chi connectivity index (χ1) is 9.12. The van der Waals surface area contributed by atoms with E-state index in [0.29, 0.717) is 11.8 Å². The highest BCUT2D eigenvalue weighted by Crippen LogP contribution is 2.15. The van der Waals surface area contributed by atoms with Gasteiger partial charge in [0.25, 0.3) is 0 Å². The Morgan fingerprint density at radius 1 is 1.26 bits per heavy atom. The lowest BCUT2D eigenvalue weighted by atomic mass is 9.96. The number of hydrogen-bond acceptors (Lipinski definition) is 4. The first kappa shape index (κ1) is 15.8. The molecule has 0 radical (unpaired) electrons. The van der Waals surface area contributed by atoms with Gasteiger partial charge in [0.1, 0.15) is 5.82 Å². The van der Waals surface area contributed by atoms with Crippen LogP contribution in [0.25, 0.3) is 0 Å². The van der Waals surface area contributed by atoms with Gasteiger partial charge in [-0.25, -0.2) is 4.98 Å². The van der Waals surface area contributed by atoms with Gasteiger partial charge in [-0.1, -0.05) is 13.8 Å². The van der Waals surface area contributed by atoms with E-state index in [0.717, 1.165) is 37.7 Å². The summed E-state index contributed by atoms with van der Waals surface area (Å²) >= 11 is 0. The van der Waals surface area contributed by atoms with Gasteiger partial charge in [0.05, 0.1) is 11.9 Å². The van der Waals surface area contributed by atoms with E-state index in [1.54, 1.807) is 0 Å². The standard InChI is InChI=1S/C15H28N4/c1-5-19(6-2)15-8-7-14(11-18-15)17-10-13(9-16)12(3)4/h7-8,11-13,17H,5-6,9-10,16H2,1-4H3. The van der Waals surface area contributed by atoms with Crippen LogP contribution < -0.4 is 16.0 Å². The molecule has 1 rings (SSSR count). The van der Waals surface area contributed by atoms with Crippen LogP contribution in [0.2, 0.25) is 0 Å². The second kappa shape index (κ2) is 8.00. The quantitative estimate of drug-likeness (QED) is 0.757. The Labute approximate surface area is 117 Å². The molecule has 1 unspecified atom stereocenters. The van der Waals surface area contributed by atoms with Gasteiger partial charge in [0, 0.05) is 19.6 Å². The van der Waals surface area contributed by atoms with Crippen molar-refractivity contribution in [2.75, 3.05) is 36.4 Å². The third-order valence-electron chi connectivity index (χ3n) is 3.65. The van der Waals surface area contributed by atoms with E-state index >= 15 is 0 Å². The van der Waals surface area contributed by atoms with Crippen LogP contribution in [0.15, 0.2) is 18.3 Å². The number of aromatic nitrogens is 1. The molecule has 4 heteroatoms. The zero-order valence-electron chi connectivity index (χ0n) is 12.7. The van der Waals surface area contributed by atoms with Crippen LogP contribution in [0.4, 0.5) is 11.5 Å². The van der Waals surface area contributed by atoms with Crippen molar-refractivity contribution >= 4 is 11.5 Å². The Bertz CT molecular complexity index is 344. The van der Waals surface area contributed by atoms with Crippen molar-refractivity contribution in [3.63, 3.8) is 0 Å². The minimum absolute atomic E-state index is 0.502. The number of nitrogens with zero attached hydrogens (tertiary/aromatic N) is 2. The first-order valence-corrected chi connectivity index (χ1v) is 7.27. The molecule has 0 aliphatic rings. The highest BCUT2D eigenvalue weighted by molar-refractivity contribution is 5.48. The third kappa shape index (κ3) is 4.71. The molecule has 0 aromatic carbocycles. The van der Waals surface area contributed by atoms with E-state index in [9.17, 15) is 0 Å². The van der Waals surface area contributed by atoms with E-state index in [4.69, 9.17) is 5.73 Å². The summed E-state index contributed by atoms with van der Waals surface area (Å²) in [6.07, 6.45) is 1.90. The molecule has 0 bridgehead atoms. The Kier molecular flexibility index (Phi) is 6.64. The maximum absolute atomic E-state index is 5.78. The summed E-state index contributed by atoms with van der Waals surface area (Å²) in [7, 11) is 0. The third-order valence-corrected chi connectivity index (χ3v) is 3.65.